The lowest BCUT2D eigenvalue weighted by Crippen LogP contribution is -2.74. The maximum Gasteiger partial charge on any atom is 0.460 e. The van der Waals surface area contributed by atoms with Gasteiger partial charge in [-0.2, -0.15) is 74.6 Å². The molecule has 34 heavy (non-hydrogen) atoms. The molecule has 1 rings (SSSR count). The van der Waals surface area contributed by atoms with Gasteiger partial charge in [0, 0.05) is 25.2 Å². The Bertz CT molecular complexity index is 871. The number of imidazole rings is 1. The van der Waals surface area contributed by atoms with Crippen LogP contribution in [-0.4, -0.2) is 63.1 Å². The predicted octanol–water partition coefficient (Wildman–Crippen LogP) is 6.31. The number of hydrogen-bond acceptors (Lipinski definition) is 2. The van der Waals surface area contributed by atoms with Crippen molar-refractivity contribution in [3.05, 3.63) is 18.7 Å². The lowest BCUT2D eigenvalue weighted by atomic mass is 9.88. The van der Waals surface area contributed by atoms with Gasteiger partial charge in [0.05, 0.1) is 0 Å². The minimum absolute atomic E-state index is 0.287. The summed E-state index contributed by atoms with van der Waals surface area (Å²) in [5, 5.41) is 0. The summed E-state index contributed by atoms with van der Waals surface area (Å²) in [6, 6.07) is 0. The normalized spacial score (nSPS) is 15.6. The number of carbonyl (C=O) groups is 1. The summed E-state index contributed by atoms with van der Waals surface area (Å²) >= 11 is 0. The summed E-state index contributed by atoms with van der Waals surface area (Å²) in [5.74, 6) is -58.4. The van der Waals surface area contributed by atoms with E-state index in [0.29, 0.717) is 12.5 Å². The molecule has 1 aromatic rings. The van der Waals surface area contributed by atoms with Crippen molar-refractivity contribution in [2.24, 2.45) is 0 Å². The molecule has 0 aliphatic rings. The molecule has 1 aromatic heterocycles. The minimum Gasteiger partial charge on any atom is -0.276 e. The number of halogens is 17. The molecule has 0 fully saturated rings. The van der Waals surface area contributed by atoms with Crippen molar-refractivity contribution >= 4 is 5.91 Å². The molecule has 0 saturated carbocycles. The minimum atomic E-state index is -8.67. The van der Waals surface area contributed by atoms with E-state index in [0.717, 1.165) is 6.20 Å². The molecular weight excluding hydrogens is 535 g/mol. The summed E-state index contributed by atoms with van der Waals surface area (Å²) in [7, 11) is 0. The molecule has 0 amide bonds. The number of rotatable bonds is 9. The Hall–Kier alpha value is -2.31. The first kappa shape index (κ1) is 29.7. The van der Waals surface area contributed by atoms with E-state index in [4.69, 9.17) is 0 Å². The highest BCUT2D eigenvalue weighted by Gasteiger charge is 2.95. The Balaban J connectivity index is 3.43. The second-order valence-corrected chi connectivity index (χ2v) is 6.51. The van der Waals surface area contributed by atoms with Crippen LogP contribution in [0, 0.1) is 0 Å². The second kappa shape index (κ2) is 8.13. The first-order chi connectivity index (χ1) is 14.7. The average molecular weight is 542 g/mol. The van der Waals surface area contributed by atoms with Crippen molar-refractivity contribution in [1.82, 2.24) is 9.55 Å². The van der Waals surface area contributed by atoms with Crippen molar-refractivity contribution in [1.29, 1.82) is 0 Å². The summed E-state index contributed by atoms with van der Waals surface area (Å²) < 4.78 is 223. The zero-order valence-corrected chi connectivity index (χ0v) is 15.4. The maximum atomic E-state index is 13.6. The molecule has 20 heteroatoms. The summed E-state index contributed by atoms with van der Waals surface area (Å²) in [6.45, 7) is 0. The molecule has 0 N–H and O–H groups in total. The number of hydrogen-bond donors (Lipinski definition) is 0. The summed E-state index contributed by atoms with van der Waals surface area (Å²) in [6.07, 6.45) is -10.4. The van der Waals surface area contributed by atoms with E-state index >= 15 is 0 Å². The van der Waals surface area contributed by atoms with E-state index < -0.39 is 66.4 Å². The Labute approximate surface area is 175 Å². The van der Waals surface area contributed by atoms with Crippen LogP contribution >= 0.6 is 0 Å². The van der Waals surface area contributed by atoms with Crippen LogP contribution in [-0.2, 0) is 0 Å². The van der Waals surface area contributed by atoms with Gasteiger partial charge in [0.1, 0.15) is 6.33 Å². The first-order valence-corrected chi connectivity index (χ1v) is 7.96. The van der Waals surface area contributed by atoms with Gasteiger partial charge in [-0.15, -0.1) is 0 Å². The molecule has 0 atom stereocenters. The van der Waals surface area contributed by atoms with E-state index in [1.807, 2.05) is 0 Å². The largest absolute Gasteiger partial charge is 0.460 e. The van der Waals surface area contributed by atoms with Gasteiger partial charge in [-0.25, -0.2) is 4.98 Å². The van der Waals surface area contributed by atoms with Gasteiger partial charge in [0.2, 0.25) is 5.91 Å². The molecule has 0 spiro atoms. The van der Waals surface area contributed by atoms with Gasteiger partial charge in [-0.05, 0) is 0 Å². The van der Waals surface area contributed by atoms with E-state index in [-0.39, 0.29) is 4.57 Å². The lowest BCUT2D eigenvalue weighted by molar-refractivity contribution is -0.461. The monoisotopic (exact) mass is 542 g/mol. The standard InChI is InChI=1S/C14H7F17N2O/c15-7(16,2-1-6(34)33-4-3-32-5-33)8(17,18)9(19,20)10(21,22)11(23,24)12(25,26)13(27,28)14(29,30)31/h3-5H,1-2H2. The van der Waals surface area contributed by atoms with E-state index in [1.165, 1.54) is 0 Å². The lowest BCUT2D eigenvalue weighted by Gasteiger charge is -2.42. The van der Waals surface area contributed by atoms with E-state index in [1.54, 1.807) is 0 Å². The molecule has 3 nitrogen and oxygen atoms in total. The van der Waals surface area contributed by atoms with Crippen LogP contribution in [0.4, 0.5) is 74.6 Å². The van der Waals surface area contributed by atoms with Crippen LogP contribution in [0.15, 0.2) is 18.7 Å². The van der Waals surface area contributed by atoms with Crippen molar-refractivity contribution in [2.45, 2.75) is 60.5 Å². The van der Waals surface area contributed by atoms with Gasteiger partial charge < -0.3 is 0 Å². The molecule has 0 aliphatic heterocycles. The molecule has 0 aromatic carbocycles. The van der Waals surface area contributed by atoms with Crippen LogP contribution in [0.2, 0.25) is 0 Å². The van der Waals surface area contributed by atoms with Crippen LogP contribution in [0.1, 0.15) is 17.6 Å². The highest BCUT2D eigenvalue weighted by Crippen LogP contribution is 2.64. The molecule has 0 bridgehead atoms. The predicted molar refractivity (Wildman–Crippen MR) is 72.8 cm³/mol. The van der Waals surface area contributed by atoms with Crippen LogP contribution in [0.25, 0.3) is 0 Å². The highest BCUT2D eigenvalue weighted by molar-refractivity contribution is 5.78. The van der Waals surface area contributed by atoms with Gasteiger partial charge in [0.15, 0.2) is 0 Å². The quantitative estimate of drug-likeness (QED) is 0.343. The summed E-state index contributed by atoms with van der Waals surface area (Å²) in [5.41, 5.74) is 0. The van der Waals surface area contributed by atoms with E-state index in [2.05, 4.69) is 4.98 Å². The van der Waals surface area contributed by atoms with Crippen molar-refractivity contribution in [3.63, 3.8) is 0 Å². The molecule has 0 saturated heterocycles. The van der Waals surface area contributed by atoms with Crippen molar-refractivity contribution in [2.75, 3.05) is 0 Å². The third kappa shape index (κ3) is 4.05. The highest BCUT2D eigenvalue weighted by atomic mass is 19.4. The summed E-state index contributed by atoms with van der Waals surface area (Å²) in [4.78, 5) is 14.6. The van der Waals surface area contributed by atoms with Crippen LogP contribution < -0.4 is 0 Å². The Morgan fingerprint density at radius 2 is 1.00 bits per heavy atom. The van der Waals surface area contributed by atoms with Crippen molar-refractivity contribution in [3.8, 4) is 0 Å². The smallest absolute Gasteiger partial charge is 0.276 e. The Kier molecular flexibility index (Phi) is 7.11. The van der Waals surface area contributed by atoms with Crippen LogP contribution in [0.5, 0.6) is 0 Å². The number of carbonyl (C=O) groups excluding carboxylic acids is 1. The Morgan fingerprint density at radius 3 is 1.35 bits per heavy atom. The topological polar surface area (TPSA) is 34.9 Å². The van der Waals surface area contributed by atoms with Gasteiger partial charge in [-0.3, -0.25) is 9.36 Å². The molecule has 0 radical (unpaired) electrons. The molecular formula is C14H7F17N2O. The SMILES string of the molecule is O=C(CCC(F)(F)C(F)(F)C(F)(F)C(F)(F)C(F)(F)C(F)(F)C(F)(F)C(F)(F)F)n1ccnc1. The third-order valence-electron chi connectivity index (χ3n) is 4.23. The number of alkyl halides is 17. The molecule has 198 valence electrons. The maximum absolute atomic E-state index is 13.6. The van der Waals surface area contributed by atoms with Gasteiger partial charge in [0.25, 0.3) is 0 Å². The molecule has 1 heterocycles. The Morgan fingerprint density at radius 1 is 0.618 bits per heavy atom. The van der Waals surface area contributed by atoms with Crippen molar-refractivity contribution < 1.29 is 79.4 Å². The zero-order chi connectivity index (χ0) is 27.4. The third-order valence-corrected chi connectivity index (χ3v) is 4.23. The van der Waals surface area contributed by atoms with Crippen LogP contribution in [0.3, 0.4) is 0 Å². The fourth-order valence-electron chi connectivity index (χ4n) is 2.15. The molecule has 0 aliphatic carbocycles. The fraction of sp³-hybridized carbons (Fsp3) is 0.714. The molecule has 0 unspecified atom stereocenters. The number of nitrogens with zero attached hydrogens (tertiary/aromatic N) is 2. The average Bonchev–Trinajstić information content (AvgIpc) is 3.19. The first-order valence-electron chi connectivity index (χ1n) is 7.96. The second-order valence-electron chi connectivity index (χ2n) is 6.51. The van der Waals surface area contributed by atoms with Gasteiger partial charge >= 0.3 is 47.6 Å². The zero-order valence-electron chi connectivity index (χ0n) is 15.4. The fourth-order valence-corrected chi connectivity index (χ4v) is 2.15. The van der Waals surface area contributed by atoms with Gasteiger partial charge in [-0.1, -0.05) is 0 Å². The number of aromatic nitrogens is 2. The van der Waals surface area contributed by atoms with E-state index in [9.17, 15) is 79.4 Å².